The number of amides is 2. The number of nitrogens with one attached hydrogen (secondary N) is 1. The van der Waals surface area contributed by atoms with E-state index in [2.05, 4.69) is 5.32 Å². The highest BCUT2D eigenvalue weighted by atomic mass is 35.5. The summed E-state index contributed by atoms with van der Waals surface area (Å²) in [7, 11) is 0. The maximum Gasteiger partial charge on any atom is 0.260 e. The van der Waals surface area contributed by atoms with Crippen molar-refractivity contribution in [2.24, 2.45) is 0 Å². The number of anilines is 2. The normalized spacial score (nSPS) is 13.4. The smallest absolute Gasteiger partial charge is 0.260 e. The summed E-state index contributed by atoms with van der Waals surface area (Å²) in [5.74, 6) is 0.0514. The van der Waals surface area contributed by atoms with Crippen molar-refractivity contribution in [2.45, 2.75) is 6.92 Å². The maximum absolute atomic E-state index is 12.6. The summed E-state index contributed by atoms with van der Waals surface area (Å²) in [5.41, 5.74) is 8.12. The number of benzene rings is 2. The molecule has 8 heteroatoms. The molecule has 2 aromatic rings. The van der Waals surface area contributed by atoms with Crippen LogP contribution in [0.5, 0.6) is 5.75 Å². The van der Waals surface area contributed by atoms with Gasteiger partial charge in [-0.3, -0.25) is 9.59 Å². The highest BCUT2D eigenvalue weighted by molar-refractivity contribution is 6.06. The molecule has 2 aromatic carbocycles. The Hall–Kier alpha value is -2.77. The van der Waals surface area contributed by atoms with Gasteiger partial charge in [0, 0.05) is 24.3 Å². The van der Waals surface area contributed by atoms with Gasteiger partial charge in [-0.25, -0.2) is 0 Å². The van der Waals surface area contributed by atoms with Crippen LogP contribution in [-0.2, 0) is 9.53 Å². The molecule has 150 valence electrons. The van der Waals surface area contributed by atoms with Crippen molar-refractivity contribution in [3.05, 3.63) is 53.6 Å². The van der Waals surface area contributed by atoms with Crippen molar-refractivity contribution in [1.29, 1.82) is 0 Å². The molecule has 3 rings (SSSR count). The fourth-order valence-electron chi connectivity index (χ4n) is 2.81. The zero-order chi connectivity index (χ0) is 19.2. The standard InChI is InChI=1S/C20H23N3O4.ClH/c1-14-6-7-15(21)12-16(14)20(25)22-17-4-2-3-5-18(17)27-13-19(24)23-8-10-26-11-9-23;/h2-7,12H,8-11,13,21H2,1H3,(H,22,25);1H. The number of ether oxygens (including phenoxy) is 2. The Morgan fingerprint density at radius 3 is 2.64 bits per heavy atom. The van der Waals surface area contributed by atoms with Gasteiger partial charge in [-0.15, -0.1) is 12.4 Å². The lowest BCUT2D eigenvalue weighted by atomic mass is 10.1. The van der Waals surface area contributed by atoms with Crippen molar-refractivity contribution in [2.75, 3.05) is 44.0 Å². The van der Waals surface area contributed by atoms with Crippen molar-refractivity contribution in [1.82, 2.24) is 4.90 Å². The largest absolute Gasteiger partial charge is 0.482 e. The van der Waals surface area contributed by atoms with E-state index in [1.807, 2.05) is 6.92 Å². The number of halogens is 1. The van der Waals surface area contributed by atoms with Crippen LogP contribution in [0.3, 0.4) is 0 Å². The molecule has 0 bridgehead atoms. The number of carbonyl (C=O) groups excluding carboxylic acids is 2. The minimum atomic E-state index is -0.282. The molecular weight excluding hydrogens is 382 g/mol. The average molecular weight is 406 g/mol. The molecule has 1 aliphatic heterocycles. The van der Waals surface area contributed by atoms with E-state index < -0.39 is 0 Å². The zero-order valence-corrected chi connectivity index (χ0v) is 16.5. The fraction of sp³-hybridized carbons (Fsp3) is 0.300. The first kappa shape index (κ1) is 21.5. The molecule has 2 amide bonds. The number of hydrogen-bond acceptors (Lipinski definition) is 5. The third-order valence-electron chi connectivity index (χ3n) is 4.36. The molecule has 0 unspecified atom stereocenters. The molecule has 1 saturated heterocycles. The topological polar surface area (TPSA) is 93.9 Å². The molecule has 1 heterocycles. The van der Waals surface area contributed by atoms with Crippen LogP contribution >= 0.6 is 12.4 Å². The second-order valence-electron chi connectivity index (χ2n) is 6.31. The van der Waals surface area contributed by atoms with E-state index in [4.69, 9.17) is 15.2 Å². The van der Waals surface area contributed by atoms with E-state index in [1.165, 1.54) is 0 Å². The number of nitrogens with zero attached hydrogens (tertiary/aromatic N) is 1. The van der Waals surface area contributed by atoms with Crippen molar-refractivity contribution >= 4 is 35.6 Å². The summed E-state index contributed by atoms with van der Waals surface area (Å²) < 4.78 is 10.9. The predicted molar refractivity (Wildman–Crippen MR) is 110 cm³/mol. The number of nitrogen functional groups attached to an aromatic ring is 1. The molecule has 0 saturated carbocycles. The van der Waals surface area contributed by atoms with E-state index in [0.717, 1.165) is 5.56 Å². The summed E-state index contributed by atoms with van der Waals surface area (Å²) in [4.78, 5) is 26.6. The summed E-state index contributed by atoms with van der Waals surface area (Å²) in [5, 5.41) is 2.83. The number of carbonyl (C=O) groups is 2. The van der Waals surface area contributed by atoms with Gasteiger partial charge >= 0.3 is 0 Å². The van der Waals surface area contributed by atoms with Crippen LogP contribution in [0.4, 0.5) is 11.4 Å². The molecular formula is C20H24ClN3O4. The Morgan fingerprint density at radius 1 is 1.18 bits per heavy atom. The fourth-order valence-corrected chi connectivity index (χ4v) is 2.81. The Kier molecular flexibility index (Phi) is 7.66. The van der Waals surface area contributed by atoms with E-state index in [9.17, 15) is 9.59 Å². The molecule has 28 heavy (non-hydrogen) atoms. The van der Waals surface area contributed by atoms with Crippen molar-refractivity contribution in [3.8, 4) is 5.75 Å². The first-order valence-corrected chi connectivity index (χ1v) is 8.79. The zero-order valence-electron chi connectivity index (χ0n) is 15.6. The molecule has 0 aromatic heterocycles. The van der Waals surface area contributed by atoms with Crippen LogP contribution in [0.15, 0.2) is 42.5 Å². The lowest BCUT2D eigenvalue weighted by Gasteiger charge is -2.26. The molecule has 0 atom stereocenters. The van der Waals surface area contributed by atoms with Gasteiger partial charge in [0.2, 0.25) is 0 Å². The number of hydrogen-bond donors (Lipinski definition) is 2. The average Bonchev–Trinajstić information content (AvgIpc) is 2.69. The molecule has 0 spiro atoms. The Bertz CT molecular complexity index is 838. The van der Waals surface area contributed by atoms with E-state index >= 15 is 0 Å². The minimum Gasteiger partial charge on any atom is -0.482 e. The van der Waals surface area contributed by atoms with E-state index in [1.54, 1.807) is 47.4 Å². The first-order valence-electron chi connectivity index (χ1n) is 8.79. The second-order valence-corrected chi connectivity index (χ2v) is 6.31. The molecule has 0 aliphatic carbocycles. The monoisotopic (exact) mass is 405 g/mol. The lowest BCUT2D eigenvalue weighted by Crippen LogP contribution is -2.43. The SMILES string of the molecule is Cc1ccc(N)cc1C(=O)Nc1ccccc1OCC(=O)N1CCOCC1.Cl. The summed E-state index contributed by atoms with van der Waals surface area (Å²) in [6, 6.07) is 12.2. The van der Waals surface area contributed by atoms with Crippen LogP contribution < -0.4 is 15.8 Å². The van der Waals surface area contributed by atoms with Gasteiger partial charge in [0.15, 0.2) is 6.61 Å². The van der Waals surface area contributed by atoms with Crippen LogP contribution in [0, 0.1) is 6.92 Å². The summed E-state index contributed by atoms with van der Waals surface area (Å²) in [6.45, 7) is 3.96. The Morgan fingerprint density at radius 2 is 1.89 bits per heavy atom. The second kappa shape index (κ2) is 9.96. The van der Waals surface area contributed by atoms with E-state index in [0.29, 0.717) is 49.0 Å². The quantitative estimate of drug-likeness (QED) is 0.745. The number of rotatable bonds is 5. The minimum absolute atomic E-state index is 0. The maximum atomic E-state index is 12.6. The van der Waals surface area contributed by atoms with Gasteiger partial charge < -0.3 is 25.4 Å². The predicted octanol–water partition coefficient (Wildman–Crippen LogP) is 2.49. The first-order chi connectivity index (χ1) is 13.0. The highest BCUT2D eigenvalue weighted by Gasteiger charge is 2.18. The van der Waals surface area contributed by atoms with E-state index in [-0.39, 0.29) is 30.8 Å². The van der Waals surface area contributed by atoms with Crippen LogP contribution in [0.25, 0.3) is 0 Å². The molecule has 1 aliphatic rings. The Labute approximate surface area is 170 Å². The van der Waals surface area contributed by atoms with Gasteiger partial charge in [0.1, 0.15) is 5.75 Å². The van der Waals surface area contributed by atoms with Gasteiger partial charge in [-0.05, 0) is 36.8 Å². The molecule has 0 radical (unpaired) electrons. The number of nitrogens with two attached hydrogens (primary N) is 1. The summed E-state index contributed by atoms with van der Waals surface area (Å²) in [6.07, 6.45) is 0. The number of para-hydroxylation sites is 2. The van der Waals surface area contributed by atoms with Crippen molar-refractivity contribution in [3.63, 3.8) is 0 Å². The molecule has 7 nitrogen and oxygen atoms in total. The molecule has 3 N–H and O–H groups in total. The van der Waals surface area contributed by atoms with Gasteiger partial charge in [-0.2, -0.15) is 0 Å². The molecule has 1 fully saturated rings. The van der Waals surface area contributed by atoms with Crippen LogP contribution in [-0.4, -0.2) is 49.6 Å². The third-order valence-corrected chi connectivity index (χ3v) is 4.36. The van der Waals surface area contributed by atoms with Crippen LogP contribution in [0.2, 0.25) is 0 Å². The summed E-state index contributed by atoms with van der Waals surface area (Å²) >= 11 is 0. The third kappa shape index (κ3) is 5.37. The van der Waals surface area contributed by atoms with Gasteiger partial charge in [-0.1, -0.05) is 18.2 Å². The lowest BCUT2D eigenvalue weighted by molar-refractivity contribution is -0.137. The number of aryl methyl sites for hydroxylation is 1. The van der Waals surface area contributed by atoms with Gasteiger partial charge in [0.05, 0.1) is 18.9 Å². The highest BCUT2D eigenvalue weighted by Crippen LogP contribution is 2.25. The van der Waals surface area contributed by atoms with Gasteiger partial charge in [0.25, 0.3) is 11.8 Å². The Balaban J connectivity index is 0.00000280. The van der Waals surface area contributed by atoms with Crippen molar-refractivity contribution < 1.29 is 19.1 Å². The van der Waals surface area contributed by atoms with Crippen LogP contribution in [0.1, 0.15) is 15.9 Å². The number of morpholine rings is 1.